The van der Waals surface area contributed by atoms with Crippen molar-refractivity contribution in [1.29, 1.82) is 0 Å². The second-order valence-corrected chi connectivity index (χ2v) is 4.92. The van der Waals surface area contributed by atoms with E-state index in [9.17, 15) is 8.78 Å². The molecule has 0 saturated carbocycles. The molecule has 0 fully saturated rings. The molecule has 1 aromatic carbocycles. The SMILES string of the molecule is CN(C)CCC(NN)c1c(F)ccc(Br)c1F. The van der Waals surface area contributed by atoms with Crippen LogP contribution in [0, 0.1) is 11.6 Å². The van der Waals surface area contributed by atoms with Gasteiger partial charge in [-0.1, -0.05) is 0 Å². The maximum Gasteiger partial charge on any atom is 0.145 e. The summed E-state index contributed by atoms with van der Waals surface area (Å²) in [6.07, 6.45) is 0.522. The maximum atomic E-state index is 13.8. The van der Waals surface area contributed by atoms with E-state index in [1.807, 2.05) is 19.0 Å². The molecule has 0 bridgehead atoms. The molecule has 1 unspecified atom stereocenters. The number of rotatable bonds is 5. The molecule has 0 radical (unpaired) electrons. The van der Waals surface area contributed by atoms with Gasteiger partial charge >= 0.3 is 0 Å². The van der Waals surface area contributed by atoms with Gasteiger partial charge in [-0.25, -0.2) is 8.78 Å². The lowest BCUT2D eigenvalue weighted by Crippen LogP contribution is -2.32. The molecule has 96 valence electrons. The van der Waals surface area contributed by atoms with Crippen molar-refractivity contribution in [3.05, 3.63) is 33.8 Å². The molecule has 0 aliphatic rings. The van der Waals surface area contributed by atoms with Crippen LogP contribution >= 0.6 is 15.9 Å². The van der Waals surface area contributed by atoms with Crippen molar-refractivity contribution in [2.45, 2.75) is 12.5 Å². The normalized spacial score (nSPS) is 13.1. The van der Waals surface area contributed by atoms with Gasteiger partial charge in [0, 0.05) is 5.56 Å². The van der Waals surface area contributed by atoms with Gasteiger partial charge in [0.1, 0.15) is 11.6 Å². The van der Waals surface area contributed by atoms with Gasteiger partial charge < -0.3 is 4.90 Å². The third-order valence-electron chi connectivity index (χ3n) is 2.49. The quantitative estimate of drug-likeness (QED) is 0.498. The van der Waals surface area contributed by atoms with Crippen LogP contribution in [0.25, 0.3) is 0 Å². The number of hydrogen-bond donors (Lipinski definition) is 2. The Morgan fingerprint density at radius 3 is 2.59 bits per heavy atom. The Morgan fingerprint density at radius 2 is 2.06 bits per heavy atom. The van der Waals surface area contributed by atoms with Crippen molar-refractivity contribution in [1.82, 2.24) is 10.3 Å². The highest BCUT2D eigenvalue weighted by Crippen LogP contribution is 2.28. The van der Waals surface area contributed by atoms with E-state index < -0.39 is 17.7 Å². The van der Waals surface area contributed by atoms with Gasteiger partial charge in [0.05, 0.1) is 10.5 Å². The molecule has 0 saturated heterocycles. The zero-order chi connectivity index (χ0) is 13.0. The topological polar surface area (TPSA) is 41.3 Å². The number of hydrazine groups is 1. The molecule has 17 heavy (non-hydrogen) atoms. The third-order valence-corrected chi connectivity index (χ3v) is 3.11. The Hall–Kier alpha value is -0.560. The molecular weight excluding hydrogens is 292 g/mol. The molecule has 1 atom stereocenters. The predicted octanol–water partition coefficient (Wildman–Crippen LogP) is 2.18. The summed E-state index contributed by atoms with van der Waals surface area (Å²) in [5, 5.41) is 0. The molecule has 0 aliphatic heterocycles. The van der Waals surface area contributed by atoms with Crippen molar-refractivity contribution in [2.75, 3.05) is 20.6 Å². The van der Waals surface area contributed by atoms with Gasteiger partial charge in [0.2, 0.25) is 0 Å². The van der Waals surface area contributed by atoms with Crippen LogP contribution in [-0.4, -0.2) is 25.5 Å². The highest BCUT2D eigenvalue weighted by atomic mass is 79.9. The van der Waals surface area contributed by atoms with Crippen molar-refractivity contribution in [3.8, 4) is 0 Å². The van der Waals surface area contributed by atoms with E-state index in [0.717, 1.165) is 0 Å². The Labute approximate surface area is 108 Å². The second-order valence-electron chi connectivity index (χ2n) is 4.07. The van der Waals surface area contributed by atoms with Crippen LogP contribution in [0.5, 0.6) is 0 Å². The fraction of sp³-hybridized carbons (Fsp3) is 0.455. The molecule has 0 heterocycles. The van der Waals surface area contributed by atoms with Crippen molar-refractivity contribution in [3.63, 3.8) is 0 Å². The number of nitrogens with two attached hydrogens (primary N) is 1. The van der Waals surface area contributed by atoms with Crippen LogP contribution < -0.4 is 11.3 Å². The van der Waals surface area contributed by atoms with Gasteiger partial charge in [-0.05, 0) is 55.1 Å². The van der Waals surface area contributed by atoms with Crippen LogP contribution in [0.4, 0.5) is 8.78 Å². The Bertz CT molecular complexity index is 385. The van der Waals surface area contributed by atoms with E-state index in [1.54, 1.807) is 0 Å². The minimum absolute atomic E-state index is 0.0243. The number of hydrogen-bond acceptors (Lipinski definition) is 3. The van der Waals surface area contributed by atoms with Gasteiger partial charge in [-0.15, -0.1) is 0 Å². The minimum Gasteiger partial charge on any atom is -0.309 e. The summed E-state index contributed by atoms with van der Waals surface area (Å²) < 4.78 is 27.7. The molecule has 0 aliphatic carbocycles. The molecule has 1 aromatic rings. The highest BCUT2D eigenvalue weighted by Gasteiger charge is 2.21. The summed E-state index contributed by atoms with van der Waals surface area (Å²) in [5.74, 6) is 4.17. The standard InChI is InChI=1S/C11H16BrF2N3/c1-17(2)6-5-9(16-15)10-8(13)4-3-7(12)11(10)14/h3-4,9,16H,5-6,15H2,1-2H3. The minimum atomic E-state index is -0.605. The lowest BCUT2D eigenvalue weighted by Gasteiger charge is -2.20. The first-order valence-corrected chi connectivity index (χ1v) is 6.01. The summed E-state index contributed by atoms with van der Waals surface area (Å²) in [7, 11) is 3.78. The first-order valence-electron chi connectivity index (χ1n) is 5.21. The van der Waals surface area contributed by atoms with Crippen LogP contribution in [0.2, 0.25) is 0 Å². The summed E-state index contributed by atoms with van der Waals surface area (Å²) in [5.41, 5.74) is 2.43. The fourth-order valence-corrected chi connectivity index (χ4v) is 1.91. The summed E-state index contributed by atoms with van der Waals surface area (Å²) in [4.78, 5) is 1.93. The van der Waals surface area contributed by atoms with E-state index in [4.69, 9.17) is 5.84 Å². The van der Waals surface area contributed by atoms with Gasteiger partial charge in [-0.3, -0.25) is 11.3 Å². The molecule has 3 N–H and O–H groups in total. The number of nitrogens with zero attached hydrogens (tertiary/aromatic N) is 1. The van der Waals surface area contributed by atoms with Crippen LogP contribution in [-0.2, 0) is 0 Å². The molecule has 3 nitrogen and oxygen atoms in total. The Balaban J connectivity index is 2.98. The maximum absolute atomic E-state index is 13.8. The second kappa shape index (κ2) is 6.39. The first kappa shape index (κ1) is 14.5. The highest BCUT2D eigenvalue weighted by molar-refractivity contribution is 9.10. The van der Waals surface area contributed by atoms with Gasteiger partial charge in [0.25, 0.3) is 0 Å². The average Bonchev–Trinajstić information content (AvgIpc) is 2.28. The number of nitrogens with one attached hydrogen (secondary N) is 1. The zero-order valence-corrected chi connectivity index (χ0v) is 11.4. The van der Waals surface area contributed by atoms with Crippen molar-refractivity contribution < 1.29 is 8.78 Å². The Morgan fingerprint density at radius 1 is 1.41 bits per heavy atom. The third kappa shape index (κ3) is 3.70. The molecular formula is C11H16BrF2N3. The fourth-order valence-electron chi connectivity index (χ4n) is 1.56. The first-order chi connectivity index (χ1) is 7.97. The Kier molecular flexibility index (Phi) is 5.45. The summed E-state index contributed by atoms with van der Waals surface area (Å²) in [6, 6.07) is 2.02. The molecule has 1 rings (SSSR count). The monoisotopic (exact) mass is 307 g/mol. The van der Waals surface area contributed by atoms with E-state index in [-0.39, 0.29) is 10.0 Å². The summed E-state index contributed by atoms with van der Waals surface area (Å²) in [6.45, 7) is 0.681. The average molecular weight is 308 g/mol. The van der Waals surface area contributed by atoms with Gasteiger partial charge in [-0.2, -0.15) is 0 Å². The van der Waals surface area contributed by atoms with Crippen LogP contribution in [0.3, 0.4) is 0 Å². The lowest BCUT2D eigenvalue weighted by atomic mass is 10.0. The van der Waals surface area contributed by atoms with E-state index in [2.05, 4.69) is 21.4 Å². The predicted molar refractivity (Wildman–Crippen MR) is 67.3 cm³/mol. The smallest absolute Gasteiger partial charge is 0.145 e. The largest absolute Gasteiger partial charge is 0.309 e. The molecule has 0 spiro atoms. The number of benzene rings is 1. The van der Waals surface area contributed by atoms with E-state index in [0.29, 0.717) is 13.0 Å². The zero-order valence-electron chi connectivity index (χ0n) is 9.80. The molecule has 0 aromatic heterocycles. The van der Waals surface area contributed by atoms with Crippen molar-refractivity contribution >= 4 is 15.9 Å². The lowest BCUT2D eigenvalue weighted by molar-refractivity contribution is 0.352. The van der Waals surface area contributed by atoms with Crippen molar-refractivity contribution in [2.24, 2.45) is 5.84 Å². The summed E-state index contributed by atoms with van der Waals surface area (Å²) >= 11 is 3.04. The van der Waals surface area contributed by atoms with Gasteiger partial charge in [0.15, 0.2) is 0 Å². The number of halogens is 3. The molecule has 0 amide bonds. The van der Waals surface area contributed by atoms with Crippen LogP contribution in [0.15, 0.2) is 16.6 Å². The van der Waals surface area contributed by atoms with E-state index >= 15 is 0 Å². The molecule has 6 heteroatoms. The van der Waals surface area contributed by atoms with E-state index in [1.165, 1.54) is 12.1 Å². The van der Waals surface area contributed by atoms with Crippen LogP contribution in [0.1, 0.15) is 18.0 Å².